The van der Waals surface area contributed by atoms with Crippen molar-refractivity contribution in [3.63, 3.8) is 0 Å². The van der Waals surface area contributed by atoms with Gasteiger partial charge < -0.3 is 15.4 Å². The Morgan fingerprint density at radius 3 is 2.94 bits per heavy atom. The fourth-order valence-corrected chi connectivity index (χ4v) is 2.16. The molecule has 1 aromatic carbocycles. The second kappa shape index (κ2) is 3.78. The van der Waals surface area contributed by atoms with E-state index in [4.69, 9.17) is 5.73 Å². The quantitative estimate of drug-likeness (QED) is 0.847. The SMILES string of the molecule is NCC(O)c1nc2c(F)cccc2n1C1CC1. The minimum Gasteiger partial charge on any atom is -0.384 e. The first kappa shape index (κ1) is 10.7. The van der Waals surface area contributed by atoms with Crippen molar-refractivity contribution in [3.8, 4) is 0 Å². The predicted octanol–water partition coefficient (Wildman–Crippen LogP) is 1.50. The average Bonchev–Trinajstić information content (AvgIpc) is 3.09. The highest BCUT2D eigenvalue weighted by Crippen LogP contribution is 2.40. The highest BCUT2D eigenvalue weighted by molar-refractivity contribution is 5.77. The van der Waals surface area contributed by atoms with Crippen LogP contribution in [0.2, 0.25) is 0 Å². The van der Waals surface area contributed by atoms with Crippen LogP contribution in [0.5, 0.6) is 0 Å². The summed E-state index contributed by atoms with van der Waals surface area (Å²) < 4.78 is 15.6. The molecule has 1 aliphatic rings. The van der Waals surface area contributed by atoms with E-state index >= 15 is 0 Å². The van der Waals surface area contributed by atoms with Crippen molar-refractivity contribution < 1.29 is 9.50 Å². The molecule has 1 fully saturated rings. The molecule has 0 spiro atoms. The van der Waals surface area contributed by atoms with Gasteiger partial charge in [-0.3, -0.25) is 0 Å². The summed E-state index contributed by atoms with van der Waals surface area (Å²) in [5.74, 6) is 0.127. The lowest BCUT2D eigenvalue weighted by atomic mass is 10.3. The van der Waals surface area contributed by atoms with Gasteiger partial charge in [-0.25, -0.2) is 9.37 Å². The van der Waals surface area contributed by atoms with E-state index in [0.29, 0.717) is 17.4 Å². The summed E-state index contributed by atoms with van der Waals surface area (Å²) in [6.45, 7) is 0.0949. The van der Waals surface area contributed by atoms with Crippen molar-refractivity contribution in [3.05, 3.63) is 29.8 Å². The fourth-order valence-electron chi connectivity index (χ4n) is 2.16. The number of hydrogen-bond donors (Lipinski definition) is 2. The molecule has 90 valence electrons. The maximum Gasteiger partial charge on any atom is 0.151 e. The molecule has 0 aliphatic heterocycles. The minimum absolute atomic E-state index is 0.0949. The van der Waals surface area contributed by atoms with E-state index in [-0.39, 0.29) is 12.4 Å². The van der Waals surface area contributed by atoms with Gasteiger partial charge in [0.25, 0.3) is 0 Å². The Kier molecular flexibility index (Phi) is 2.38. The summed E-state index contributed by atoms with van der Waals surface area (Å²) in [5, 5.41) is 9.85. The van der Waals surface area contributed by atoms with Gasteiger partial charge in [-0.1, -0.05) is 6.07 Å². The Labute approximate surface area is 97.9 Å². The fraction of sp³-hybridized carbons (Fsp3) is 0.417. The van der Waals surface area contributed by atoms with Gasteiger partial charge in [-0.15, -0.1) is 0 Å². The first-order valence-corrected chi connectivity index (χ1v) is 5.77. The summed E-state index contributed by atoms with van der Waals surface area (Å²) in [6.07, 6.45) is 1.26. The minimum atomic E-state index is -0.831. The van der Waals surface area contributed by atoms with Crippen LogP contribution in [0, 0.1) is 5.82 Å². The summed E-state index contributed by atoms with van der Waals surface area (Å²) in [5.41, 5.74) is 6.52. The van der Waals surface area contributed by atoms with E-state index in [1.165, 1.54) is 6.07 Å². The van der Waals surface area contributed by atoms with Gasteiger partial charge in [0, 0.05) is 12.6 Å². The number of fused-ring (bicyclic) bond motifs is 1. The van der Waals surface area contributed by atoms with Gasteiger partial charge in [0.1, 0.15) is 17.4 Å². The Balaban J connectivity index is 2.26. The number of rotatable bonds is 3. The van der Waals surface area contributed by atoms with Crippen LogP contribution >= 0.6 is 0 Å². The van der Waals surface area contributed by atoms with Crippen LogP contribution in [0.3, 0.4) is 0 Å². The van der Waals surface area contributed by atoms with Crippen LogP contribution in [0.1, 0.15) is 30.8 Å². The maximum atomic E-state index is 13.6. The number of imidazole rings is 1. The molecular weight excluding hydrogens is 221 g/mol. The largest absolute Gasteiger partial charge is 0.384 e. The number of hydrogen-bond acceptors (Lipinski definition) is 3. The normalized spacial score (nSPS) is 17.6. The molecule has 1 heterocycles. The van der Waals surface area contributed by atoms with Gasteiger partial charge in [-0.05, 0) is 25.0 Å². The zero-order valence-electron chi connectivity index (χ0n) is 9.31. The van der Waals surface area contributed by atoms with Crippen molar-refractivity contribution in [2.75, 3.05) is 6.54 Å². The molecule has 4 nitrogen and oxygen atoms in total. The zero-order chi connectivity index (χ0) is 12.0. The lowest BCUT2D eigenvalue weighted by molar-refractivity contribution is 0.172. The van der Waals surface area contributed by atoms with Crippen molar-refractivity contribution in [2.45, 2.75) is 25.0 Å². The van der Waals surface area contributed by atoms with Gasteiger partial charge in [-0.2, -0.15) is 0 Å². The number of aliphatic hydroxyl groups excluding tert-OH is 1. The molecule has 17 heavy (non-hydrogen) atoms. The number of para-hydroxylation sites is 1. The highest BCUT2D eigenvalue weighted by atomic mass is 19.1. The molecule has 0 saturated heterocycles. The van der Waals surface area contributed by atoms with E-state index in [0.717, 1.165) is 18.4 Å². The average molecular weight is 235 g/mol. The molecule has 1 saturated carbocycles. The van der Waals surface area contributed by atoms with Crippen molar-refractivity contribution in [1.29, 1.82) is 0 Å². The second-order valence-electron chi connectivity index (χ2n) is 4.43. The van der Waals surface area contributed by atoms with Gasteiger partial charge in [0.05, 0.1) is 5.52 Å². The van der Waals surface area contributed by atoms with E-state index in [1.54, 1.807) is 6.07 Å². The van der Waals surface area contributed by atoms with Crippen LogP contribution in [-0.2, 0) is 0 Å². The molecule has 1 aromatic heterocycles. The molecule has 0 bridgehead atoms. The van der Waals surface area contributed by atoms with E-state index in [2.05, 4.69) is 4.98 Å². The molecule has 0 amide bonds. The standard InChI is InChI=1S/C12H14FN3O/c13-8-2-1-3-9-11(8)15-12(10(17)6-14)16(9)7-4-5-7/h1-3,7,10,17H,4-6,14H2. The number of benzene rings is 1. The van der Waals surface area contributed by atoms with Crippen LogP contribution < -0.4 is 5.73 Å². The molecule has 3 rings (SSSR count). The smallest absolute Gasteiger partial charge is 0.151 e. The number of aromatic nitrogens is 2. The number of nitrogens with zero attached hydrogens (tertiary/aromatic N) is 2. The molecule has 2 aromatic rings. The van der Waals surface area contributed by atoms with Crippen LogP contribution in [-0.4, -0.2) is 21.2 Å². The Bertz CT molecular complexity index is 562. The van der Waals surface area contributed by atoms with Crippen molar-refractivity contribution in [1.82, 2.24) is 9.55 Å². The summed E-state index contributed by atoms with van der Waals surface area (Å²) in [4.78, 5) is 4.20. The molecule has 5 heteroatoms. The topological polar surface area (TPSA) is 64.1 Å². The summed E-state index contributed by atoms with van der Waals surface area (Å²) in [6, 6.07) is 5.20. The molecule has 3 N–H and O–H groups in total. The summed E-state index contributed by atoms with van der Waals surface area (Å²) in [7, 11) is 0. The first-order valence-electron chi connectivity index (χ1n) is 5.77. The number of aliphatic hydroxyl groups is 1. The van der Waals surface area contributed by atoms with Crippen LogP contribution in [0.15, 0.2) is 18.2 Å². The van der Waals surface area contributed by atoms with Crippen molar-refractivity contribution >= 4 is 11.0 Å². The zero-order valence-corrected chi connectivity index (χ0v) is 9.31. The van der Waals surface area contributed by atoms with E-state index < -0.39 is 6.10 Å². The van der Waals surface area contributed by atoms with Crippen molar-refractivity contribution in [2.24, 2.45) is 5.73 Å². The third-order valence-electron chi connectivity index (χ3n) is 3.13. The lowest BCUT2D eigenvalue weighted by Crippen LogP contribution is -2.16. The molecule has 1 aliphatic carbocycles. The molecule has 1 atom stereocenters. The van der Waals surface area contributed by atoms with Crippen LogP contribution in [0.25, 0.3) is 11.0 Å². The van der Waals surface area contributed by atoms with Gasteiger partial charge in [0.2, 0.25) is 0 Å². The first-order chi connectivity index (χ1) is 8.22. The Hall–Kier alpha value is -1.46. The summed E-state index contributed by atoms with van der Waals surface area (Å²) >= 11 is 0. The number of nitrogens with two attached hydrogens (primary N) is 1. The molecular formula is C12H14FN3O. The molecule has 1 unspecified atom stereocenters. The van der Waals surface area contributed by atoms with E-state index in [1.807, 2.05) is 10.6 Å². The highest BCUT2D eigenvalue weighted by Gasteiger charge is 2.30. The monoisotopic (exact) mass is 235 g/mol. The predicted molar refractivity (Wildman–Crippen MR) is 62.0 cm³/mol. The number of halogens is 1. The van der Waals surface area contributed by atoms with Crippen LogP contribution in [0.4, 0.5) is 4.39 Å². The Morgan fingerprint density at radius 2 is 2.29 bits per heavy atom. The molecule has 0 radical (unpaired) electrons. The van der Waals surface area contributed by atoms with Gasteiger partial charge in [0.15, 0.2) is 5.82 Å². The third kappa shape index (κ3) is 1.62. The van der Waals surface area contributed by atoms with E-state index in [9.17, 15) is 9.50 Å². The van der Waals surface area contributed by atoms with Gasteiger partial charge >= 0.3 is 0 Å². The second-order valence-corrected chi connectivity index (χ2v) is 4.43. The maximum absolute atomic E-state index is 13.6. The lowest BCUT2D eigenvalue weighted by Gasteiger charge is -2.11. The third-order valence-corrected chi connectivity index (χ3v) is 3.13. The Morgan fingerprint density at radius 1 is 1.53 bits per heavy atom.